The number of hydrogen-bond donors (Lipinski definition) is 1. The molecular weight excluding hydrogens is 256 g/mol. The Morgan fingerprint density at radius 3 is 2.62 bits per heavy atom. The molecule has 0 unspecified atom stereocenters. The van der Waals surface area contributed by atoms with Crippen LogP contribution in [-0.4, -0.2) is 10.7 Å². The number of hydrogen-bond acceptors (Lipinski definition) is 1. The maximum absolute atomic E-state index is 10.3. The van der Waals surface area contributed by atoms with Gasteiger partial charge in [0.2, 0.25) is 0 Å². The molecule has 1 heteroatoms. The first-order valence-electron chi connectivity index (χ1n) is 8.67. The van der Waals surface area contributed by atoms with Crippen molar-refractivity contribution in [2.24, 2.45) is 16.7 Å². The molecule has 0 spiro atoms. The summed E-state index contributed by atoms with van der Waals surface area (Å²) in [6.07, 6.45) is 10.1. The van der Waals surface area contributed by atoms with Crippen molar-refractivity contribution in [2.45, 2.75) is 85.2 Å². The molecule has 0 aromatic heterocycles. The van der Waals surface area contributed by atoms with E-state index >= 15 is 0 Å². The Bertz CT molecular complexity index is 441. The number of aliphatic hydroxyl groups is 1. The third-order valence-electron chi connectivity index (χ3n) is 6.56. The molecule has 0 heterocycles. The van der Waals surface area contributed by atoms with E-state index in [1.807, 2.05) is 6.92 Å². The standard InChI is InChI=1S/C20H34O/c1-7-19(5,21)14-11-16-15(2)9-10-17-18(3,4)12-8-13-20(16,17)6/h7,17,21H,1,8-14H2,2-6H3/t17-,19-,20+/m1/s1. The van der Waals surface area contributed by atoms with Crippen molar-refractivity contribution in [3.05, 3.63) is 23.8 Å². The predicted molar refractivity (Wildman–Crippen MR) is 91.2 cm³/mol. The van der Waals surface area contributed by atoms with Gasteiger partial charge in [0.15, 0.2) is 0 Å². The van der Waals surface area contributed by atoms with Crippen LogP contribution in [0.15, 0.2) is 23.8 Å². The minimum Gasteiger partial charge on any atom is -0.386 e. The summed E-state index contributed by atoms with van der Waals surface area (Å²) in [5.74, 6) is 0.797. The normalized spacial score (nSPS) is 35.0. The lowest BCUT2D eigenvalue weighted by Crippen LogP contribution is -2.45. The van der Waals surface area contributed by atoms with Crippen molar-refractivity contribution in [1.29, 1.82) is 0 Å². The molecule has 0 aromatic rings. The Kier molecular flexibility index (Phi) is 4.46. The summed E-state index contributed by atoms with van der Waals surface area (Å²) >= 11 is 0. The second kappa shape index (κ2) is 5.57. The van der Waals surface area contributed by atoms with Gasteiger partial charge in [0.25, 0.3) is 0 Å². The molecule has 21 heavy (non-hydrogen) atoms. The molecule has 1 fully saturated rings. The highest BCUT2D eigenvalue weighted by Gasteiger charge is 2.49. The topological polar surface area (TPSA) is 20.2 Å². The summed E-state index contributed by atoms with van der Waals surface area (Å²) in [6, 6.07) is 0. The fourth-order valence-electron chi connectivity index (χ4n) is 5.17. The summed E-state index contributed by atoms with van der Waals surface area (Å²) in [5, 5.41) is 10.3. The highest BCUT2D eigenvalue weighted by atomic mass is 16.3. The minimum atomic E-state index is -0.735. The molecule has 1 nitrogen and oxygen atoms in total. The van der Waals surface area contributed by atoms with Crippen LogP contribution in [0.1, 0.15) is 79.6 Å². The van der Waals surface area contributed by atoms with Crippen LogP contribution in [0.2, 0.25) is 0 Å². The monoisotopic (exact) mass is 290 g/mol. The van der Waals surface area contributed by atoms with E-state index < -0.39 is 5.60 Å². The zero-order chi connectivity index (χ0) is 15.9. The summed E-state index contributed by atoms with van der Waals surface area (Å²) < 4.78 is 0. The minimum absolute atomic E-state index is 0.349. The first kappa shape index (κ1) is 16.8. The molecule has 1 N–H and O–H groups in total. The van der Waals surface area contributed by atoms with Crippen LogP contribution in [-0.2, 0) is 0 Å². The van der Waals surface area contributed by atoms with E-state index in [1.165, 1.54) is 32.1 Å². The van der Waals surface area contributed by atoms with Gasteiger partial charge in [-0.3, -0.25) is 0 Å². The van der Waals surface area contributed by atoms with Gasteiger partial charge in [-0.25, -0.2) is 0 Å². The molecule has 0 bridgehead atoms. The molecule has 3 atom stereocenters. The first-order valence-corrected chi connectivity index (χ1v) is 8.67. The fourth-order valence-corrected chi connectivity index (χ4v) is 5.17. The quantitative estimate of drug-likeness (QED) is 0.664. The zero-order valence-electron chi connectivity index (χ0n) is 14.8. The Balaban J connectivity index is 2.27. The van der Waals surface area contributed by atoms with E-state index in [4.69, 9.17) is 0 Å². The molecule has 0 aromatic carbocycles. The number of fused-ring (bicyclic) bond motifs is 1. The van der Waals surface area contributed by atoms with Crippen LogP contribution >= 0.6 is 0 Å². The van der Waals surface area contributed by atoms with E-state index in [2.05, 4.69) is 34.3 Å². The third-order valence-corrected chi connectivity index (χ3v) is 6.56. The fraction of sp³-hybridized carbons (Fsp3) is 0.800. The van der Waals surface area contributed by atoms with E-state index in [1.54, 1.807) is 17.2 Å². The van der Waals surface area contributed by atoms with Crippen molar-refractivity contribution in [3.63, 3.8) is 0 Å². The van der Waals surface area contributed by atoms with Crippen LogP contribution in [0.25, 0.3) is 0 Å². The van der Waals surface area contributed by atoms with Crippen molar-refractivity contribution in [3.8, 4) is 0 Å². The summed E-state index contributed by atoms with van der Waals surface area (Å²) in [7, 11) is 0. The van der Waals surface area contributed by atoms with Crippen LogP contribution in [0.5, 0.6) is 0 Å². The second-order valence-electron chi connectivity index (χ2n) is 8.67. The molecule has 0 radical (unpaired) electrons. The maximum Gasteiger partial charge on any atom is 0.0800 e. The zero-order valence-corrected chi connectivity index (χ0v) is 14.8. The van der Waals surface area contributed by atoms with Gasteiger partial charge in [-0.15, -0.1) is 6.58 Å². The first-order chi connectivity index (χ1) is 9.62. The van der Waals surface area contributed by atoms with Gasteiger partial charge in [0.1, 0.15) is 0 Å². The highest BCUT2D eigenvalue weighted by molar-refractivity contribution is 5.27. The molecule has 2 aliphatic carbocycles. The van der Waals surface area contributed by atoms with Crippen LogP contribution in [0.4, 0.5) is 0 Å². The predicted octanol–water partition coefficient (Wildman–Crippen LogP) is 5.65. The Labute approximate surface area is 131 Å². The van der Waals surface area contributed by atoms with E-state index in [9.17, 15) is 5.11 Å². The largest absolute Gasteiger partial charge is 0.386 e. The second-order valence-corrected chi connectivity index (χ2v) is 8.67. The van der Waals surface area contributed by atoms with Gasteiger partial charge in [-0.2, -0.15) is 0 Å². The molecule has 0 saturated heterocycles. The lowest BCUT2D eigenvalue weighted by atomic mass is 9.50. The highest BCUT2D eigenvalue weighted by Crippen LogP contribution is 2.60. The van der Waals surface area contributed by atoms with Gasteiger partial charge in [0.05, 0.1) is 5.60 Å². The SMILES string of the molecule is C=C[C@@](C)(O)CCC1=C(C)CC[C@@H]2C(C)(C)CCC[C@@]12C. The maximum atomic E-state index is 10.3. The van der Waals surface area contributed by atoms with Crippen LogP contribution < -0.4 is 0 Å². The lowest BCUT2D eigenvalue weighted by Gasteiger charge is -2.55. The number of rotatable bonds is 4. The van der Waals surface area contributed by atoms with Gasteiger partial charge in [-0.05, 0) is 69.1 Å². The van der Waals surface area contributed by atoms with Crippen molar-refractivity contribution in [1.82, 2.24) is 0 Å². The Morgan fingerprint density at radius 2 is 2.00 bits per heavy atom. The lowest BCUT2D eigenvalue weighted by molar-refractivity contribution is 0.00784. The van der Waals surface area contributed by atoms with Crippen molar-refractivity contribution < 1.29 is 5.11 Å². The summed E-state index contributed by atoms with van der Waals surface area (Å²) in [6.45, 7) is 15.4. The van der Waals surface area contributed by atoms with Crippen LogP contribution in [0, 0.1) is 16.7 Å². The van der Waals surface area contributed by atoms with Crippen molar-refractivity contribution in [2.75, 3.05) is 0 Å². The van der Waals surface area contributed by atoms with E-state index in [0.717, 1.165) is 18.8 Å². The summed E-state index contributed by atoms with van der Waals surface area (Å²) in [5.41, 5.74) is 3.31. The number of allylic oxidation sites excluding steroid dienone is 2. The van der Waals surface area contributed by atoms with Crippen LogP contribution in [0.3, 0.4) is 0 Å². The van der Waals surface area contributed by atoms with Gasteiger partial charge >= 0.3 is 0 Å². The molecule has 2 rings (SSSR count). The molecule has 0 aliphatic heterocycles. The third kappa shape index (κ3) is 3.13. The van der Waals surface area contributed by atoms with Crippen molar-refractivity contribution >= 4 is 0 Å². The van der Waals surface area contributed by atoms with Gasteiger partial charge in [-0.1, -0.05) is 44.4 Å². The molecule has 120 valence electrons. The molecular formula is C20H34O. The molecule has 2 aliphatic rings. The van der Waals surface area contributed by atoms with E-state index in [0.29, 0.717) is 10.8 Å². The van der Waals surface area contributed by atoms with E-state index in [-0.39, 0.29) is 0 Å². The molecule has 1 saturated carbocycles. The van der Waals surface area contributed by atoms with Gasteiger partial charge < -0.3 is 5.11 Å². The smallest absolute Gasteiger partial charge is 0.0800 e. The van der Waals surface area contributed by atoms with Gasteiger partial charge in [0, 0.05) is 0 Å². The average molecular weight is 290 g/mol. The summed E-state index contributed by atoms with van der Waals surface area (Å²) in [4.78, 5) is 0. The Morgan fingerprint density at radius 1 is 1.33 bits per heavy atom. The Hall–Kier alpha value is -0.560. The average Bonchev–Trinajstić information content (AvgIpc) is 2.36. The molecule has 0 amide bonds.